The van der Waals surface area contributed by atoms with Gasteiger partial charge in [0.05, 0.1) is 10.6 Å². The molecule has 0 radical (unpaired) electrons. The van der Waals surface area contributed by atoms with E-state index in [2.05, 4.69) is 11.8 Å². The van der Waals surface area contributed by atoms with Crippen LogP contribution in [0.25, 0.3) is 0 Å². The molecule has 0 unspecified atom stereocenters. The first-order chi connectivity index (χ1) is 5.75. The molecule has 0 saturated carbocycles. The molecule has 0 aliphatic heterocycles. The summed E-state index contributed by atoms with van der Waals surface area (Å²) in [6.45, 7) is 0. The second kappa shape index (κ2) is 3.67. The number of anilines is 1. The number of nitrogens with zero attached hydrogens (tertiary/aromatic N) is 1. The van der Waals surface area contributed by atoms with Crippen molar-refractivity contribution in [3.05, 3.63) is 28.8 Å². The van der Waals surface area contributed by atoms with Crippen molar-refractivity contribution in [3.8, 4) is 17.9 Å². The summed E-state index contributed by atoms with van der Waals surface area (Å²) in [6, 6.07) is 6.79. The Labute approximate surface area is 75.6 Å². The van der Waals surface area contributed by atoms with E-state index in [1.54, 1.807) is 24.3 Å². The van der Waals surface area contributed by atoms with Crippen LogP contribution in [-0.4, -0.2) is 0 Å². The topological polar surface area (TPSA) is 49.8 Å². The minimum Gasteiger partial charge on any atom is -0.398 e. The van der Waals surface area contributed by atoms with Crippen LogP contribution in [0.3, 0.4) is 0 Å². The first kappa shape index (κ1) is 8.46. The third-order valence-corrected chi connectivity index (χ3v) is 1.60. The average molecular weight is 177 g/mol. The predicted octanol–water partition coefficient (Wildman–Crippen LogP) is 1.80. The van der Waals surface area contributed by atoms with E-state index in [1.807, 2.05) is 0 Å². The summed E-state index contributed by atoms with van der Waals surface area (Å²) < 4.78 is 0. The summed E-state index contributed by atoms with van der Waals surface area (Å²) in [5, 5.41) is 8.67. The minimum absolute atomic E-state index is 0.470. The third kappa shape index (κ3) is 1.69. The molecule has 0 heterocycles. The molecule has 0 aliphatic rings. The molecule has 0 aliphatic carbocycles. The van der Waals surface area contributed by atoms with E-state index >= 15 is 0 Å². The van der Waals surface area contributed by atoms with Crippen LogP contribution in [0.1, 0.15) is 5.56 Å². The van der Waals surface area contributed by atoms with E-state index in [0.29, 0.717) is 16.3 Å². The van der Waals surface area contributed by atoms with Gasteiger partial charge in [0.1, 0.15) is 0 Å². The second-order valence-corrected chi connectivity index (χ2v) is 2.47. The fourth-order valence-corrected chi connectivity index (χ4v) is 0.992. The summed E-state index contributed by atoms with van der Waals surface area (Å²) in [5.41, 5.74) is 6.57. The van der Waals surface area contributed by atoms with Gasteiger partial charge in [-0.1, -0.05) is 17.7 Å². The zero-order valence-corrected chi connectivity index (χ0v) is 6.89. The molecule has 0 atom stereocenters. The number of hydrogen-bond donors (Lipinski definition) is 1. The van der Waals surface area contributed by atoms with E-state index in [9.17, 15) is 0 Å². The average Bonchev–Trinajstić information content (AvgIpc) is 2.04. The fraction of sp³-hybridized carbons (Fsp3) is 0. The lowest BCUT2D eigenvalue weighted by Gasteiger charge is -1.98. The number of halogens is 1. The van der Waals surface area contributed by atoms with Crippen LogP contribution in [0.2, 0.25) is 5.02 Å². The maximum atomic E-state index is 8.20. The van der Waals surface area contributed by atoms with Crippen molar-refractivity contribution in [2.45, 2.75) is 0 Å². The Bertz CT molecular complexity index is 373. The predicted molar refractivity (Wildman–Crippen MR) is 48.4 cm³/mol. The Morgan fingerprint density at radius 2 is 2.17 bits per heavy atom. The van der Waals surface area contributed by atoms with Gasteiger partial charge in [-0.3, -0.25) is 0 Å². The molecule has 1 rings (SSSR count). The summed E-state index contributed by atoms with van der Waals surface area (Å²) in [7, 11) is 0. The number of hydrogen-bond acceptors (Lipinski definition) is 2. The van der Waals surface area contributed by atoms with E-state index in [1.165, 1.54) is 0 Å². The SMILES string of the molecule is N#CC#Cc1c(N)cccc1Cl. The Kier molecular flexibility index (Phi) is 2.58. The standard InChI is InChI=1S/C9H5ClN2/c10-8-4-1-5-9(12)7(8)3-2-6-11/h1,4-5H,12H2. The summed E-state index contributed by atoms with van der Waals surface area (Å²) in [6.07, 6.45) is 0. The van der Waals surface area contributed by atoms with E-state index in [4.69, 9.17) is 22.6 Å². The normalized spacial score (nSPS) is 8.00. The van der Waals surface area contributed by atoms with Gasteiger partial charge in [0.2, 0.25) is 0 Å². The van der Waals surface area contributed by atoms with Crippen LogP contribution in [0.15, 0.2) is 18.2 Å². The highest BCUT2D eigenvalue weighted by atomic mass is 35.5. The second-order valence-electron chi connectivity index (χ2n) is 2.07. The molecule has 0 aromatic heterocycles. The molecular formula is C9H5ClN2. The van der Waals surface area contributed by atoms with Crippen molar-refractivity contribution in [2.24, 2.45) is 0 Å². The zero-order chi connectivity index (χ0) is 8.97. The molecule has 2 nitrogen and oxygen atoms in total. The van der Waals surface area contributed by atoms with Crippen LogP contribution in [0, 0.1) is 23.2 Å². The summed E-state index contributed by atoms with van der Waals surface area (Å²) >= 11 is 5.77. The van der Waals surface area contributed by atoms with Crippen LogP contribution >= 0.6 is 11.6 Å². The van der Waals surface area contributed by atoms with Gasteiger partial charge in [-0.15, -0.1) is 0 Å². The molecule has 1 aromatic rings. The highest BCUT2D eigenvalue weighted by Crippen LogP contribution is 2.20. The Morgan fingerprint density at radius 1 is 1.42 bits per heavy atom. The minimum atomic E-state index is 0.470. The monoisotopic (exact) mass is 176 g/mol. The number of nitrogens with two attached hydrogens (primary N) is 1. The van der Waals surface area contributed by atoms with Crippen molar-refractivity contribution < 1.29 is 0 Å². The molecule has 1 aromatic carbocycles. The van der Waals surface area contributed by atoms with Crippen molar-refractivity contribution in [1.29, 1.82) is 5.26 Å². The zero-order valence-electron chi connectivity index (χ0n) is 6.13. The van der Waals surface area contributed by atoms with E-state index < -0.39 is 0 Å². The largest absolute Gasteiger partial charge is 0.398 e. The van der Waals surface area contributed by atoms with Gasteiger partial charge in [0.15, 0.2) is 6.07 Å². The molecule has 3 heteroatoms. The van der Waals surface area contributed by atoms with Crippen LogP contribution in [-0.2, 0) is 0 Å². The molecule has 0 spiro atoms. The summed E-state index contributed by atoms with van der Waals surface area (Å²) in [4.78, 5) is 0. The van der Waals surface area contributed by atoms with E-state index in [0.717, 1.165) is 0 Å². The molecule has 2 N–H and O–H groups in total. The third-order valence-electron chi connectivity index (χ3n) is 1.29. The lowest BCUT2D eigenvalue weighted by atomic mass is 10.2. The van der Waals surface area contributed by atoms with Crippen molar-refractivity contribution in [3.63, 3.8) is 0 Å². The first-order valence-electron chi connectivity index (χ1n) is 3.20. The first-order valence-corrected chi connectivity index (χ1v) is 3.57. The van der Waals surface area contributed by atoms with Gasteiger partial charge < -0.3 is 5.73 Å². The van der Waals surface area contributed by atoms with Gasteiger partial charge in [-0.25, -0.2) is 0 Å². The molecule has 58 valence electrons. The highest BCUT2D eigenvalue weighted by Gasteiger charge is 1.99. The molecule has 0 bridgehead atoms. The van der Waals surface area contributed by atoms with Crippen molar-refractivity contribution >= 4 is 17.3 Å². The smallest absolute Gasteiger partial charge is 0.152 e. The molecule has 0 saturated heterocycles. The highest BCUT2D eigenvalue weighted by molar-refractivity contribution is 6.32. The molecule has 0 fully saturated rings. The Balaban J connectivity index is 3.24. The van der Waals surface area contributed by atoms with Crippen LogP contribution < -0.4 is 5.73 Å². The van der Waals surface area contributed by atoms with E-state index in [-0.39, 0.29) is 0 Å². The Hall–Kier alpha value is -1.64. The molecular weight excluding hydrogens is 172 g/mol. The quantitative estimate of drug-likeness (QED) is 0.484. The van der Waals surface area contributed by atoms with Crippen LogP contribution in [0.4, 0.5) is 5.69 Å². The van der Waals surface area contributed by atoms with Gasteiger partial charge in [0, 0.05) is 11.6 Å². The van der Waals surface area contributed by atoms with Crippen molar-refractivity contribution in [1.82, 2.24) is 0 Å². The molecule has 12 heavy (non-hydrogen) atoms. The van der Waals surface area contributed by atoms with Gasteiger partial charge in [0.25, 0.3) is 0 Å². The maximum Gasteiger partial charge on any atom is 0.152 e. The Morgan fingerprint density at radius 3 is 2.75 bits per heavy atom. The van der Waals surface area contributed by atoms with Gasteiger partial charge in [-0.2, -0.15) is 5.26 Å². The maximum absolute atomic E-state index is 8.20. The fourth-order valence-electron chi connectivity index (χ4n) is 0.763. The van der Waals surface area contributed by atoms with Gasteiger partial charge >= 0.3 is 0 Å². The molecule has 0 amide bonds. The number of nitrogen functional groups attached to an aromatic ring is 1. The number of nitriles is 1. The van der Waals surface area contributed by atoms with Crippen molar-refractivity contribution in [2.75, 3.05) is 5.73 Å². The lowest BCUT2D eigenvalue weighted by molar-refractivity contribution is 1.55. The lowest BCUT2D eigenvalue weighted by Crippen LogP contribution is -1.89. The number of benzene rings is 1. The summed E-state index contributed by atoms with van der Waals surface area (Å²) in [5.74, 6) is 4.80. The number of rotatable bonds is 0. The van der Waals surface area contributed by atoms with Crippen LogP contribution in [0.5, 0.6) is 0 Å². The van der Waals surface area contributed by atoms with Gasteiger partial charge in [-0.05, 0) is 18.1 Å².